The monoisotopic (exact) mass is 369 g/mol. The molecule has 0 aliphatic rings. The Balaban J connectivity index is 1.67. The Morgan fingerprint density at radius 2 is 1.74 bits per heavy atom. The summed E-state index contributed by atoms with van der Waals surface area (Å²) >= 11 is 0. The van der Waals surface area contributed by atoms with Gasteiger partial charge in [-0.1, -0.05) is 42.5 Å². The molecule has 2 amide bonds. The van der Waals surface area contributed by atoms with Crippen LogP contribution in [0.5, 0.6) is 5.75 Å². The van der Waals surface area contributed by atoms with E-state index in [0.29, 0.717) is 43.9 Å². The Morgan fingerprint density at radius 1 is 1.04 bits per heavy atom. The van der Waals surface area contributed by atoms with E-state index in [9.17, 15) is 9.59 Å². The van der Waals surface area contributed by atoms with Crippen molar-refractivity contribution >= 4 is 11.8 Å². The zero-order valence-corrected chi connectivity index (χ0v) is 15.6. The molecule has 0 aliphatic carbocycles. The minimum Gasteiger partial charge on any atom is -0.493 e. The maximum Gasteiger partial charge on any atom is 0.255 e. The van der Waals surface area contributed by atoms with Gasteiger partial charge in [-0.05, 0) is 31.0 Å². The molecule has 0 aliphatic heterocycles. The first-order chi connectivity index (χ1) is 13.1. The van der Waals surface area contributed by atoms with Crippen molar-refractivity contribution in [3.8, 4) is 5.75 Å². The van der Waals surface area contributed by atoms with Crippen LogP contribution in [0, 0.1) is 0 Å². The van der Waals surface area contributed by atoms with Gasteiger partial charge in [-0.25, -0.2) is 0 Å². The number of amides is 2. The largest absolute Gasteiger partial charge is 0.493 e. The summed E-state index contributed by atoms with van der Waals surface area (Å²) < 4.78 is 5.46. The van der Waals surface area contributed by atoms with Crippen molar-refractivity contribution < 1.29 is 14.3 Å². The number of carbonyl (C=O) groups excluding carboxylic acids is 2. The van der Waals surface area contributed by atoms with Crippen LogP contribution in [0.4, 0.5) is 0 Å². The van der Waals surface area contributed by atoms with Gasteiger partial charge in [0, 0.05) is 25.6 Å². The summed E-state index contributed by atoms with van der Waals surface area (Å²) in [5.41, 5.74) is 7.54. The lowest BCUT2D eigenvalue weighted by molar-refractivity contribution is -0.121. The molecule has 6 nitrogen and oxygen atoms in total. The molecule has 2 rings (SSSR count). The molecular formula is C21H27N3O3. The van der Waals surface area contributed by atoms with E-state index in [1.165, 1.54) is 0 Å². The average Bonchev–Trinajstić information content (AvgIpc) is 2.70. The summed E-state index contributed by atoms with van der Waals surface area (Å²) in [6.07, 6.45) is 0.879. The van der Waals surface area contributed by atoms with Crippen LogP contribution in [0.2, 0.25) is 0 Å². The average molecular weight is 369 g/mol. The van der Waals surface area contributed by atoms with Crippen molar-refractivity contribution in [2.24, 2.45) is 5.73 Å². The minimum atomic E-state index is -0.232. The molecule has 0 bridgehead atoms. The van der Waals surface area contributed by atoms with Gasteiger partial charge in [-0.3, -0.25) is 9.59 Å². The Bertz CT molecular complexity index is 734. The molecule has 0 radical (unpaired) electrons. The van der Waals surface area contributed by atoms with Crippen molar-refractivity contribution in [1.82, 2.24) is 10.6 Å². The lowest BCUT2D eigenvalue weighted by Gasteiger charge is -2.13. The van der Waals surface area contributed by atoms with Crippen LogP contribution in [0.25, 0.3) is 0 Å². The van der Waals surface area contributed by atoms with Crippen LogP contribution in [0.15, 0.2) is 54.6 Å². The standard InChI is InChI=1S/C21H27N3O3/c1-2-27-19-12-7-6-11-17(19)21(26)23-14-8-13-20(25)24-15-18(22)16-9-4-3-5-10-16/h3-7,9-12,18H,2,8,13-15,22H2,1H3,(H,23,26)(H,24,25). The van der Waals surface area contributed by atoms with Gasteiger partial charge in [0.25, 0.3) is 5.91 Å². The Hall–Kier alpha value is -2.86. The fourth-order valence-electron chi connectivity index (χ4n) is 2.61. The molecule has 2 aromatic rings. The summed E-state index contributed by atoms with van der Waals surface area (Å²) in [4.78, 5) is 24.2. The summed E-state index contributed by atoms with van der Waals surface area (Å²) in [5.74, 6) is 0.279. The first kappa shape index (κ1) is 20.5. The third-order valence-electron chi connectivity index (χ3n) is 4.04. The van der Waals surface area contributed by atoms with Crippen molar-refractivity contribution in [1.29, 1.82) is 0 Å². The van der Waals surface area contributed by atoms with Crippen LogP contribution >= 0.6 is 0 Å². The number of nitrogens with two attached hydrogens (primary N) is 1. The number of rotatable bonds is 10. The first-order valence-electron chi connectivity index (χ1n) is 9.19. The van der Waals surface area contributed by atoms with Gasteiger partial charge in [0.2, 0.25) is 5.91 Å². The first-order valence-corrected chi connectivity index (χ1v) is 9.19. The van der Waals surface area contributed by atoms with Crippen LogP contribution in [0.1, 0.15) is 41.7 Å². The van der Waals surface area contributed by atoms with Crippen LogP contribution < -0.4 is 21.1 Å². The third kappa shape index (κ3) is 6.75. The van der Waals surface area contributed by atoms with Gasteiger partial charge in [-0.15, -0.1) is 0 Å². The molecule has 0 spiro atoms. The molecule has 27 heavy (non-hydrogen) atoms. The number of para-hydroxylation sites is 1. The molecule has 1 unspecified atom stereocenters. The van der Waals surface area contributed by atoms with E-state index >= 15 is 0 Å². The molecule has 2 aromatic carbocycles. The van der Waals surface area contributed by atoms with Crippen molar-refractivity contribution in [2.75, 3.05) is 19.7 Å². The molecule has 6 heteroatoms. The SMILES string of the molecule is CCOc1ccccc1C(=O)NCCCC(=O)NCC(N)c1ccccc1. The van der Waals surface area contributed by atoms with Gasteiger partial charge in [-0.2, -0.15) is 0 Å². The van der Waals surface area contributed by atoms with E-state index in [0.717, 1.165) is 5.56 Å². The van der Waals surface area contributed by atoms with Crippen molar-refractivity contribution in [3.05, 3.63) is 65.7 Å². The number of hydrogen-bond donors (Lipinski definition) is 3. The molecule has 0 aromatic heterocycles. The Morgan fingerprint density at radius 3 is 2.48 bits per heavy atom. The zero-order chi connectivity index (χ0) is 19.5. The van der Waals surface area contributed by atoms with Crippen LogP contribution in [-0.4, -0.2) is 31.5 Å². The number of carbonyl (C=O) groups is 2. The van der Waals surface area contributed by atoms with Crippen LogP contribution in [0.3, 0.4) is 0 Å². The van der Waals surface area contributed by atoms with Gasteiger partial charge < -0.3 is 21.1 Å². The van der Waals surface area contributed by atoms with E-state index in [4.69, 9.17) is 10.5 Å². The number of ether oxygens (including phenoxy) is 1. The highest BCUT2D eigenvalue weighted by atomic mass is 16.5. The topological polar surface area (TPSA) is 93.4 Å². The van der Waals surface area contributed by atoms with Gasteiger partial charge >= 0.3 is 0 Å². The predicted octanol–water partition coefficient (Wildman–Crippen LogP) is 2.41. The third-order valence-corrected chi connectivity index (χ3v) is 4.04. The van der Waals surface area contributed by atoms with E-state index < -0.39 is 0 Å². The van der Waals surface area contributed by atoms with Crippen LogP contribution in [-0.2, 0) is 4.79 Å². The predicted molar refractivity (Wildman–Crippen MR) is 106 cm³/mol. The molecular weight excluding hydrogens is 342 g/mol. The minimum absolute atomic E-state index is 0.0784. The summed E-state index contributed by atoms with van der Waals surface area (Å²) in [5, 5.41) is 5.65. The second kappa shape index (κ2) is 11.0. The van der Waals surface area contributed by atoms with E-state index in [2.05, 4.69) is 10.6 Å². The highest BCUT2D eigenvalue weighted by molar-refractivity contribution is 5.96. The second-order valence-corrected chi connectivity index (χ2v) is 6.11. The van der Waals surface area contributed by atoms with E-state index in [1.54, 1.807) is 18.2 Å². The quantitative estimate of drug-likeness (QED) is 0.561. The molecule has 0 heterocycles. The summed E-state index contributed by atoms with van der Waals surface area (Å²) in [7, 11) is 0. The Kier molecular flexibility index (Phi) is 8.32. The lowest BCUT2D eigenvalue weighted by atomic mass is 10.1. The molecule has 4 N–H and O–H groups in total. The molecule has 0 saturated carbocycles. The summed E-state index contributed by atoms with van der Waals surface area (Å²) in [6, 6.07) is 16.5. The maximum atomic E-state index is 12.2. The molecule has 0 fully saturated rings. The summed E-state index contributed by atoms with van der Waals surface area (Å²) in [6.45, 7) is 3.17. The van der Waals surface area contributed by atoms with Gasteiger partial charge in [0.05, 0.1) is 12.2 Å². The zero-order valence-electron chi connectivity index (χ0n) is 15.6. The fraction of sp³-hybridized carbons (Fsp3) is 0.333. The van der Waals surface area contributed by atoms with E-state index in [-0.39, 0.29) is 17.9 Å². The van der Waals surface area contributed by atoms with Crippen molar-refractivity contribution in [3.63, 3.8) is 0 Å². The maximum absolute atomic E-state index is 12.2. The van der Waals surface area contributed by atoms with Gasteiger partial charge in [0.1, 0.15) is 5.75 Å². The molecule has 144 valence electrons. The highest BCUT2D eigenvalue weighted by Gasteiger charge is 2.12. The normalized spacial score (nSPS) is 11.5. The van der Waals surface area contributed by atoms with E-state index in [1.807, 2.05) is 43.3 Å². The number of benzene rings is 2. The number of nitrogens with one attached hydrogen (secondary N) is 2. The second-order valence-electron chi connectivity index (χ2n) is 6.11. The van der Waals surface area contributed by atoms with Crippen molar-refractivity contribution in [2.45, 2.75) is 25.8 Å². The fourth-order valence-corrected chi connectivity index (χ4v) is 2.61. The smallest absolute Gasteiger partial charge is 0.255 e. The lowest BCUT2D eigenvalue weighted by Crippen LogP contribution is -2.32. The molecule has 1 atom stereocenters. The Labute approximate surface area is 160 Å². The number of hydrogen-bond acceptors (Lipinski definition) is 4. The van der Waals surface area contributed by atoms with Gasteiger partial charge in [0.15, 0.2) is 0 Å². The highest BCUT2D eigenvalue weighted by Crippen LogP contribution is 2.17. The molecule has 0 saturated heterocycles.